The molecule has 0 spiro atoms. The van der Waals surface area contributed by atoms with Crippen molar-refractivity contribution in [1.82, 2.24) is 0 Å². The standard InChI is InChI=1S/C15H14O/c1-3-15(16)12-8-7-9-13(2)14-10-5-4-6-11-14/h3-12H,1-2H2. The fourth-order valence-corrected chi connectivity index (χ4v) is 1.14. The first-order valence-electron chi connectivity index (χ1n) is 4.99. The van der Waals surface area contributed by atoms with Crippen molar-refractivity contribution in [3.05, 3.63) is 79.4 Å². The molecular weight excluding hydrogens is 196 g/mol. The largest absolute Gasteiger partial charge is 0.290 e. The van der Waals surface area contributed by atoms with Gasteiger partial charge >= 0.3 is 0 Å². The predicted molar refractivity (Wildman–Crippen MR) is 69.0 cm³/mol. The summed E-state index contributed by atoms with van der Waals surface area (Å²) in [7, 11) is 0. The van der Waals surface area contributed by atoms with Crippen LogP contribution < -0.4 is 0 Å². The highest BCUT2D eigenvalue weighted by Crippen LogP contribution is 2.12. The first kappa shape index (κ1) is 11.9. The number of hydrogen-bond donors (Lipinski definition) is 0. The van der Waals surface area contributed by atoms with Gasteiger partial charge in [0.05, 0.1) is 0 Å². The van der Waals surface area contributed by atoms with Crippen LogP contribution in [0.5, 0.6) is 0 Å². The lowest BCUT2D eigenvalue weighted by molar-refractivity contribution is -0.110. The zero-order valence-electron chi connectivity index (χ0n) is 9.10. The van der Waals surface area contributed by atoms with Gasteiger partial charge in [-0.2, -0.15) is 0 Å². The summed E-state index contributed by atoms with van der Waals surface area (Å²) >= 11 is 0. The second kappa shape index (κ2) is 6.36. The summed E-state index contributed by atoms with van der Waals surface area (Å²) in [6.45, 7) is 7.32. The normalized spacial score (nSPS) is 10.8. The molecule has 0 aromatic heterocycles. The van der Waals surface area contributed by atoms with Crippen LogP contribution >= 0.6 is 0 Å². The lowest BCUT2D eigenvalue weighted by atomic mass is 10.1. The Morgan fingerprint density at radius 3 is 2.31 bits per heavy atom. The van der Waals surface area contributed by atoms with Crippen LogP contribution in [-0.2, 0) is 4.79 Å². The molecule has 0 N–H and O–H groups in total. The zero-order valence-corrected chi connectivity index (χ0v) is 9.10. The van der Waals surface area contributed by atoms with Crippen LogP contribution in [0, 0.1) is 0 Å². The molecule has 0 aliphatic rings. The highest BCUT2D eigenvalue weighted by atomic mass is 16.1. The Morgan fingerprint density at radius 2 is 1.69 bits per heavy atom. The van der Waals surface area contributed by atoms with Crippen LogP contribution in [0.4, 0.5) is 0 Å². The molecule has 0 aliphatic carbocycles. The third kappa shape index (κ3) is 3.93. The van der Waals surface area contributed by atoms with E-state index in [1.165, 1.54) is 12.2 Å². The number of ketones is 1. The van der Waals surface area contributed by atoms with Crippen molar-refractivity contribution in [1.29, 1.82) is 0 Å². The van der Waals surface area contributed by atoms with Crippen molar-refractivity contribution in [2.24, 2.45) is 0 Å². The van der Waals surface area contributed by atoms with Crippen LogP contribution in [0.1, 0.15) is 5.56 Å². The van der Waals surface area contributed by atoms with Gasteiger partial charge in [-0.05, 0) is 23.3 Å². The second-order valence-corrected chi connectivity index (χ2v) is 3.22. The number of carbonyl (C=O) groups is 1. The van der Waals surface area contributed by atoms with Crippen molar-refractivity contribution < 1.29 is 4.79 Å². The average Bonchev–Trinajstić information content (AvgIpc) is 2.35. The van der Waals surface area contributed by atoms with Gasteiger partial charge in [0, 0.05) is 0 Å². The lowest BCUT2D eigenvalue weighted by Gasteiger charge is -1.97. The Kier molecular flexibility index (Phi) is 4.74. The molecule has 1 rings (SSSR count). The van der Waals surface area contributed by atoms with Crippen LogP contribution in [0.25, 0.3) is 5.57 Å². The van der Waals surface area contributed by atoms with E-state index in [-0.39, 0.29) is 5.78 Å². The number of benzene rings is 1. The molecule has 0 unspecified atom stereocenters. The van der Waals surface area contributed by atoms with E-state index in [2.05, 4.69) is 13.2 Å². The van der Waals surface area contributed by atoms with E-state index in [4.69, 9.17) is 0 Å². The minimum absolute atomic E-state index is 0.102. The van der Waals surface area contributed by atoms with Gasteiger partial charge in [0.2, 0.25) is 0 Å². The quantitative estimate of drug-likeness (QED) is 0.536. The van der Waals surface area contributed by atoms with Crippen LogP contribution in [0.2, 0.25) is 0 Å². The fourth-order valence-electron chi connectivity index (χ4n) is 1.14. The molecule has 1 nitrogen and oxygen atoms in total. The molecule has 1 aromatic rings. The minimum atomic E-state index is -0.102. The SMILES string of the molecule is C=CC(=O)C=CC=CC(=C)c1ccccc1. The molecule has 0 atom stereocenters. The average molecular weight is 210 g/mol. The maximum atomic E-state index is 10.9. The highest BCUT2D eigenvalue weighted by Gasteiger charge is 1.90. The number of carbonyl (C=O) groups excluding carboxylic acids is 1. The number of allylic oxidation sites excluding steroid dienone is 6. The van der Waals surface area contributed by atoms with Gasteiger partial charge in [-0.25, -0.2) is 0 Å². The summed E-state index contributed by atoms with van der Waals surface area (Å²) in [6, 6.07) is 9.87. The molecule has 1 heteroatoms. The molecule has 0 heterocycles. The zero-order chi connectivity index (χ0) is 11.8. The Hall–Kier alpha value is -2.15. The van der Waals surface area contributed by atoms with Crippen LogP contribution in [0.3, 0.4) is 0 Å². The van der Waals surface area contributed by atoms with Crippen molar-refractivity contribution in [3.8, 4) is 0 Å². The van der Waals surface area contributed by atoms with E-state index in [0.717, 1.165) is 11.1 Å². The Labute approximate surface area is 96.1 Å². The first-order chi connectivity index (χ1) is 7.74. The summed E-state index contributed by atoms with van der Waals surface area (Å²) in [4.78, 5) is 10.9. The Balaban J connectivity index is 2.59. The van der Waals surface area contributed by atoms with Crippen molar-refractivity contribution in [2.45, 2.75) is 0 Å². The van der Waals surface area contributed by atoms with E-state index in [1.807, 2.05) is 36.4 Å². The van der Waals surface area contributed by atoms with Gasteiger partial charge in [0.25, 0.3) is 0 Å². The number of rotatable bonds is 5. The molecule has 1 aromatic carbocycles. The molecule has 0 saturated carbocycles. The molecule has 0 saturated heterocycles. The molecule has 0 radical (unpaired) electrons. The van der Waals surface area contributed by atoms with Crippen molar-refractivity contribution in [3.63, 3.8) is 0 Å². The molecule has 0 fully saturated rings. The molecule has 16 heavy (non-hydrogen) atoms. The Morgan fingerprint density at radius 1 is 1.06 bits per heavy atom. The maximum absolute atomic E-state index is 10.9. The molecule has 0 bridgehead atoms. The van der Waals surface area contributed by atoms with Gasteiger partial charge in [-0.1, -0.05) is 61.7 Å². The van der Waals surface area contributed by atoms with E-state index < -0.39 is 0 Å². The van der Waals surface area contributed by atoms with Gasteiger partial charge in [0.1, 0.15) is 0 Å². The molecule has 0 amide bonds. The van der Waals surface area contributed by atoms with E-state index in [0.29, 0.717) is 0 Å². The monoisotopic (exact) mass is 210 g/mol. The summed E-state index contributed by atoms with van der Waals surface area (Å²) in [5.74, 6) is -0.102. The summed E-state index contributed by atoms with van der Waals surface area (Å²) in [5.41, 5.74) is 1.98. The second-order valence-electron chi connectivity index (χ2n) is 3.22. The molecule has 80 valence electrons. The predicted octanol–water partition coefficient (Wildman–Crippen LogP) is 3.57. The Bertz CT molecular complexity index is 436. The lowest BCUT2D eigenvalue weighted by Crippen LogP contribution is -1.81. The van der Waals surface area contributed by atoms with Gasteiger partial charge in [-0.15, -0.1) is 0 Å². The minimum Gasteiger partial charge on any atom is -0.290 e. The highest BCUT2D eigenvalue weighted by molar-refractivity contribution is 5.98. The summed E-state index contributed by atoms with van der Waals surface area (Å²) in [6.07, 6.45) is 8.06. The smallest absolute Gasteiger partial charge is 0.178 e. The van der Waals surface area contributed by atoms with Gasteiger partial charge in [-0.3, -0.25) is 4.79 Å². The third-order valence-electron chi connectivity index (χ3n) is 2.01. The van der Waals surface area contributed by atoms with Crippen molar-refractivity contribution >= 4 is 11.4 Å². The topological polar surface area (TPSA) is 17.1 Å². The van der Waals surface area contributed by atoms with E-state index in [9.17, 15) is 4.79 Å². The van der Waals surface area contributed by atoms with Gasteiger partial charge < -0.3 is 0 Å². The number of hydrogen-bond acceptors (Lipinski definition) is 1. The van der Waals surface area contributed by atoms with E-state index >= 15 is 0 Å². The molecular formula is C15H14O. The van der Waals surface area contributed by atoms with Crippen LogP contribution in [0.15, 0.2) is 73.9 Å². The van der Waals surface area contributed by atoms with Crippen molar-refractivity contribution in [2.75, 3.05) is 0 Å². The maximum Gasteiger partial charge on any atom is 0.178 e. The van der Waals surface area contributed by atoms with Gasteiger partial charge in [0.15, 0.2) is 5.78 Å². The fraction of sp³-hybridized carbons (Fsp3) is 0. The summed E-state index contributed by atoms with van der Waals surface area (Å²) in [5, 5.41) is 0. The van der Waals surface area contributed by atoms with E-state index in [1.54, 1.807) is 12.2 Å². The molecule has 0 aliphatic heterocycles. The third-order valence-corrected chi connectivity index (χ3v) is 2.01. The first-order valence-corrected chi connectivity index (χ1v) is 4.99. The van der Waals surface area contributed by atoms with Crippen LogP contribution in [-0.4, -0.2) is 5.78 Å². The summed E-state index contributed by atoms with van der Waals surface area (Å²) < 4.78 is 0.